The summed E-state index contributed by atoms with van der Waals surface area (Å²) in [6, 6.07) is 17.3. The maximum Gasteiger partial charge on any atom is 0.254 e. The lowest BCUT2D eigenvalue weighted by atomic mass is 10.0. The zero-order chi connectivity index (χ0) is 30.3. The van der Waals surface area contributed by atoms with Crippen molar-refractivity contribution in [3.05, 3.63) is 82.4 Å². The standard InChI is InChI=1S/C34H38N2O7/c1-39-28-18-24-11-8-12-25(17-26(24)19-29(28)43-22-23-9-6-5-7-10-23)33(37)35-13-15-36(16-14-35)34(38)27-20-30(40-2)32(42-4)31(21-27)41-3/h5-7,9-10,17-21H,8,11-16,22H2,1-4H3. The molecule has 0 saturated carbocycles. The van der Waals surface area contributed by atoms with Gasteiger partial charge in [0.1, 0.15) is 6.61 Å². The van der Waals surface area contributed by atoms with E-state index in [1.54, 1.807) is 24.1 Å². The van der Waals surface area contributed by atoms with E-state index in [4.69, 9.17) is 23.7 Å². The van der Waals surface area contributed by atoms with Crippen molar-refractivity contribution in [2.24, 2.45) is 0 Å². The molecule has 2 aliphatic rings. The van der Waals surface area contributed by atoms with Gasteiger partial charge in [-0.15, -0.1) is 0 Å². The van der Waals surface area contributed by atoms with Crippen molar-refractivity contribution in [3.8, 4) is 28.7 Å². The number of aryl methyl sites for hydroxylation is 1. The summed E-state index contributed by atoms with van der Waals surface area (Å²) in [7, 11) is 6.21. The SMILES string of the molecule is COc1cc2c(cc1OCc1ccccc1)C=C(C(=O)N1CCN(C(=O)c3cc(OC)c(OC)c(OC)c3)CC1)CCC2. The van der Waals surface area contributed by atoms with Gasteiger partial charge in [-0.1, -0.05) is 30.3 Å². The molecule has 9 heteroatoms. The number of hydrogen-bond acceptors (Lipinski definition) is 7. The second-order valence-electron chi connectivity index (χ2n) is 10.5. The van der Waals surface area contributed by atoms with Gasteiger partial charge in [0.05, 0.1) is 28.4 Å². The second-order valence-corrected chi connectivity index (χ2v) is 10.5. The monoisotopic (exact) mass is 586 g/mol. The summed E-state index contributed by atoms with van der Waals surface area (Å²) in [5, 5.41) is 0. The third-order valence-electron chi connectivity index (χ3n) is 7.93. The number of nitrogens with zero attached hydrogens (tertiary/aromatic N) is 2. The fraction of sp³-hybridized carbons (Fsp3) is 0.353. The number of rotatable bonds is 9. The van der Waals surface area contributed by atoms with Gasteiger partial charge in [-0.2, -0.15) is 0 Å². The van der Waals surface area contributed by atoms with E-state index in [1.807, 2.05) is 53.4 Å². The minimum Gasteiger partial charge on any atom is -0.493 e. The smallest absolute Gasteiger partial charge is 0.254 e. The highest BCUT2D eigenvalue weighted by molar-refractivity contribution is 5.99. The van der Waals surface area contributed by atoms with Gasteiger partial charge in [0.25, 0.3) is 5.91 Å². The van der Waals surface area contributed by atoms with Gasteiger partial charge in [0.2, 0.25) is 11.7 Å². The summed E-state index contributed by atoms with van der Waals surface area (Å²) in [5.74, 6) is 2.47. The number of amides is 2. The molecule has 1 heterocycles. The number of benzene rings is 3. The molecule has 0 aromatic heterocycles. The van der Waals surface area contributed by atoms with Gasteiger partial charge in [0.15, 0.2) is 23.0 Å². The van der Waals surface area contributed by atoms with Crippen LogP contribution < -0.4 is 23.7 Å². The first kappa shape index (κ1) is 29.8. The van der Waals surface area contributed by atoms with Crippen LogP contribution in [0.15, 0.2) is 60.2 Å². The van der Waals surface area contributed by atoms with E-state index in [9.17, 15) is 9.59 Å². The van der Waals surface area contributed by atoms with Gasteiger partial charge in [0, 0.05) is 37.3 Å². The molecule has 43 heavy (non-hydrogen) atoms. The Morgan fingerprint density at radius 2 is 1.33 bits per heavy atom. The van der Waals surface area contributed by atoms with Crippen LogP contribution in [0.2, 0.25) is 0 Å². The fourth-order valence-corrected chi connectivity index (χ4v) is 5.58. The Morgan fingerprint density at radius 1 is 0.698 bits per heavy atom. The van der Waals surface area contributed by atoms with Crippen molar-refractivity contribution in [1.82, 2.24) is 9.80 Å². The van der Waals surface area contributed by atoms with E-state index in [-0.39, 0.29) is 11.8 Å². The number of ether oxygens (including phenoxy) is 5. The molecule has 3 aromatic carbocycles. The van der Waals surface area contributed by atoms with Crippen LogP contribution in [0.25, 0.3) is 6.08 Å². The summed E-state index contributed by atoms with van der Waals surface area (Å²) >= 11 is 0. The number of methoxy groups -OCH3 is 4. The van der Waals surface area contributed by atoms with Gasteiger partial charge in [-0.05, 0) is 66.3 Å². The van der Waals surface area contributed by atoms with Crippen molar-refractivity contribution in [3.63, 3.8) is 0 Å². The summed E-state index contributed by atoms with van der Waals surface area (Å²) in [4.78, 5) is 30.6. The third kappa shape index (κ3) is 6.56. The fourth-order valence-electron chi connectivity index (χ4n) is 5.58. The molecule has 0 N–H and O–H groups in total. The van der Waals surface area contributed by atoms with E-state index in [2.05, 4.69) is 0 Å². The lowest BCUT2D eigenvalue weighted by Crippen LogP contribution is -2.50. The number of carbonyl (C=O) groups is 2. The normalized spacial score (nSPS) is 14.7. The molecule has 9 nitrogen and oxygen atoms in total. The van der Waals surface area contributed by atoms with E-state index in [0.717, 1.165) is 35.1 Å². The number of hydrogen-bond donors (Lipinski definition) is 0. The number of carbonyl (C=O) groups excluding carboxylic acids is 2. The lowest BCUT2D eigenvalue weighted by molar-refractivity contribution is -0.128. The van der Waals surface area contributed by atoms with Crippen LogP contribution in [0.3, 0.4) is 0 Å². The first-order chi connectivity index (χ1) is 20.9. The Kier molecular flexibility index (Phi) is 9.39. The molecule has 0 atom stereocenters. The van der Waals surface area contributed by atoms with Crippen LogP contribution in [0.5, 0.6) is 28.7 Å². The second kappa shape index (κ2) is 13.5. The summed E-state index contributed by atoms with van der Waals surface area (Å²) in [5.41, 5.74) is 4.38. The minimum absolute atomic E-state index is 0.00954. The molecule has 0 spiro atoms. The number of fused-ring (bicyclic) bond motifs is 1. The molecule has 1 saturated heterocycles. The van der Waals surface area contributed by atoms with Crippen LogP contribution in [0.4, 0.5) is 0 Å². The molecule has 0 radical (unpaired) electrons. The molecular formula is C34H38N2O7. The maximum absolute atomic E-state index is 13.7. The number of piperazine rings is 1. The van der Waals surface area contributed by atoms with Gasteiger partial charge in [-0.25, -0.2) is 0 Å². The van der Waals surface area contributed by atoms with Crippen molar-refractivity contribution >= 4 is 17.9 Å². The predicted molar refractivity (Wildman–Crippen MR) is 163 cm³/mol. The Hall–Kier alpha value is -4.66. The third-order valence-corrected chi connectivity index (χ3v) is 7.93. The molecule has 0 unspecified atom stereocenters. The van der Waals surface area contributed by atoms with E-state index >= 15 is 0 Å². The highest BCUT2D eigenvalue weighted by atomic mass is 16.5. The topological polar surface area (TPSA) is 86.8 Å². The Morgan fingerprint density at radius 3 is 1.93 bits per heavy atom. The molecule has 0 bridgehead atoms. The van der Waals surface area contributed by atoms with Crippen LogP contribution in [0.1, 0.15) is 39.9 Å². The molecule has 226 valence electrons. The molecule has 1 aliphatic carbocycles. The van der Waals surface area contributed by atoms with Crippen molar-refractivity contribution < 1.29 is 33.3 Å². The average Bonchev–Trinajstić information content (AvgIpc) is 3.27. The summed E-state index contributed by atoms with van der Waals surface area (Å²) in [6.07, 6.45) is 4.38. The zero-order valence-electron chi connectivity index (χ0n) is 25.2. The predicted octanol–water partition coefficient (Wildman–Crippen LogP) is 5.00. The largest absolute Gasteiger partial charge is 0.493 e. The highest BCUT2D eigenvalue weighted by Gasteiger charge is 2.28. The zero-order valence-corrected chi connectivity index (χ0v) is 25.2. The van der Waals surface area contributed by atoms with Crippen molar-refractivity contribution in [2.45, 2.75) is 25.9 Å². The quantitative estimate of drug-likeness (QED) is 0.349. The molecular weight excluding hydrogens is 548 g/mol. The molecule has 3 aromatic rings. The van der Waals surface area contributed by atoms with E-state index in [0.29, 0.717) is 73.5 Å². The van der Waals surface area contributed by atoms with Crippen LogP contribution in [0, 0.1) is 0 Å². The Labute approximate surface area is 252 Å². The Bertz CT molecular complexity index is 1470. The van der Waals surface area contributed by atoms with E-state index < -0.39 is 0 Å². The summed E-state index contributed by atoms with van der Waals surface area (Å²) < 4.78 is 28.0. The molecule has 2 amide bonds. The summed E-state index contributed by atoms with van der Waals surface area (Å²) in [6.45, 7) is 2.19. The van der Waals surface area contributed by atoms with Crippen molar-refractivity contribution in [2.75, 3.05) is 54.6 Å². The van der Waals surface area contributed by atoms with Gasteiger partial charge >= 0.3 is 0 Å². The van der Waals surface area contributed by atoms with Crippen LogP contribution in [-0.2, 0) is 17.8 Å². The van der Waals surface area contributed by atoms with Crippen LogP contribution >= 0.6 is 0 Å². The highest BCUT2D eigenvalue weighted by Crippen LogP contribution is 2.39. The first-order valence-corrected chi connectivity index (χ1v) is 14.4. The van der Waals surface area contributed by atoms with E-state index in [1.165, 1.54) is 21.3 Å². The van der Waals surface area contributed by atoms with Gasteiger partial charge < -0.3 is 33.5 Å². The Balaban J connectivity index is 1.28. The minimum atomic E-state index is -0.147. The molecule has 5 rings (SSSR count). The lowest BCUT2D eigenvalue weighted by Gasteiger charge is -2.35. The maximum atomic E-state index is 13.7. The first-order valence-electron chi connectivity index (χ1n) is 14.4. The molecule has 1 aliphatic heterocycles. The molecule has 1 fully saturated rings. The van der Waals surface area contributed by atoms with Crippen LogP contribution in [-0.4, -0.2) is 76.2 Å². The van der Waals surface area contributed by atoms with Crippen molar-refractivity contribution in [1.29, 1.82) is 0 Å². The average molecular weight is 587 g/mol. The van der Waals surface area contributed by atoms with Gasteiger partial charge in [-0.3, -0.25) is 9.59 Å².